The van der Waals surface area contributed by atoms with E-state index in [1.807, 2.05) is 6.92 Å². The van der Waals surface area contributed by atoms with Crippen molar-refractivity contribution in [3.05, 3.63) is 70.6 Å². The predicted octanol–water partition coefficient (Wildman–Crippen LogP) is 6.62. The summed E-state index contributed by atoms with van der Waals surface area (Å²) in [6, 6.07) is 6.40. The van der Waals surface area contributed by atoms with Crippen LogP contribution >= 0.6 is 0 Å². The summed E-state index contributed by atoms with van der Waals surface area (Å²) in [5.41, 5.74) is 4.75. The zero-order valence-corrected chi connectivity index (χ0v) is 19.6. The van der Waals surface area contributed by atoms with Crippen LogP contribution < -0.4 is 0 Å². The second kappa shape index (κ2) is 14.0. The van der Waals surface area contributed by atoms with Crippen molar-refractivity contribution in [1.82, 2.24) is 0 Å². The molecule has 0 heterocycles. The van der Waals surface area contributed by atoms with Crippen LogP contribution in [-0.2, 0) is 20.9 Å². The Hall–Kier alpha value is -2.24. The van der Waals surface area contributed by atoms with Gasteiger partial charge < -0.3 is 14.6 Å². The summed E-state index contributed by atoms with van der Waals surface area (Å²) >= 11 is 0. The van der Waals surface area contributed by atoms with Crippen LogP contribution in [0.4, 0.5) is 4.39 Å². The number of benzene rings is 1. The molecule has 0 amide bonds. The van der Waals surface area contributed by atoms with Crippen LogP contribution in [0.5, 0.6) is 0 Å². The van der Waals surface area contributed by atoms with Gasteiger partial charge in [-0.3, -0.25) is 4.79 Å². The smallest absolute Gasteiger partial charge is 0.303 e. The minimum absolute atomic E-state index is 0.0217. The van der Waals surface area contributed by atoms with E-state index in [0.29, 0.717) is 32.2 Å². The van der Waals surface area contributed by atoms with E-state index in [-0.39, 0.29) is 18.3 Å². The molecule has 0 aliphatic heterocycles. The van der Waals surface area contributed by atoms with Gasteiger partial charge in [0.1, 0.15) is 5.82 Å². The Morgan fingerprint density at radius 3 is 2.59 bits per heavy atom. The number of ether oxygens (including phenoxy) is 2. The SMILES string of the molecule is CC[C@H](CCC(=O)O)OCCCC(C)C1=CC(COCc2ccc(F)cc2)=CCC(C)=C1. The highest BCUT2D eigenvalue weighted by Crippen LogP contribution is 2.25. The Labute approximate surface area is 191 Å². The van der Waals surface area contributed by atoms with Gasteiger partial charge in [-0.1, -0.05) is 49.8 Å². The van der Waals surface area contributed by atoms with Gasteiger partial charge in [0.05, 0.1) is 19.3 Å². The summed E-state index contributed by atoms with van der Waals surface area (Å²) in [6.45, 7) is 8.06. The average molecular weight is 445 g/mol. The van der Waals surface area contributed by atoms with E-state index >= 15 is 0 Å². The number of carbonyl (C=O) groups is 1. The van der Waals surface area contributed by atoms with Crippen LogP contribution in [0.25, 0.3) is 0 Å². The zero-order chi connectivity index (χ0) is 23.3. The topological polar surface area (TPSA) is 55.8 Å². The summed E-state index contributed by atoms with van der Waals surface area (Å²) < 4.78 is 24.8. The van der Waals surface area contributed by atoms with E-state index in [2.05, 4.69) is 32.1 Å². The zero-order valence-electron chi connectivity index (χ0n) is 19.6. The van der Waals surface area contributed by atoms with Gasteiger partial charge in [0, 0.05) is 13.0 Å². The maximum atomic E-state index is 13.0. The fourth-order valence-corrected chi connectivity index (χ4v) is 3.70. The number of hydrogen-bond donors (Lipinski definition) is 1. The summed E-state index contributed by atoms with van der Waals surface area (Å²) in [4.78, 5) is 10.8. The number of halogens is 1. The molecule has 32 heavy (non-hydrogen) atoms. The van der Waals surface area contributed by atoms with E-state index in [4.69, 9.17) is 14.6 Å². The standard InChI is InChI=1S/C27H37FO4/c1-4-26(13-14-27(29)30)32-15-5-6-21(3)24-16-20(2)7-8-23(17-24)19-31-18-22-9-11-25(28)12-10-22/h8-12,16-17,21,26H,4-7,13-15,18-19H2,1-3H3,(H,29,30)/t21?,26-/m1/s1. The highest BCUT2D eigenvalue weighted by Gasteiger charge is 2.13. The molecule has 0 spiro atoms. The third kappa shape index (κ3) is 9.92. The number of carboxylic acid groups (broad SMARTS) is 1. The lowest BCUT2D eigenvalue weighted by Gasteiger charge is -2.17. The molecule has 0 saturated carbocycles. The van der Waals surface area contributed by atoms with E-state index in [0.717, 1.165) is 36.8 Å². The van der Waals surface area contributed by atoms with Gasteiger partial charge in [0.25, 0.3) is 0 Å². The van der Waals surface area contributed by atoms with Crippen LogP contribution in [0.2, 0.25) is 0 Å². The first kappa shape index (κ1) is 26.0. The molecule has 176 valence electrons. The predicted molar refractivity (Wildman–Crippen MR) is 126 cm³/mol. The molecular formula is C27H37FO4. The third-order valence-electron chi connectivity index (χ3n) is 5.74. The van der Waals surface area contributed by atoms with Crippen molar-refractivity contribution < 1.29 is 23.8 Å². The van der Waals surface area contributed by atoms with Gasteiger partial charge in [0.15, 0.2) is 0 Å². The fourth-order valence-electron chi connectivity index (χ4n) is 3.70. The van der Waals surface area contributed by atoms with Crippen molar-refractivity contribution in [2.75, 3.05) is 13.2 Å². The van der Waals surface area contributed by atoms with E-state index < -0.39 is 5.97 Å². The molecule has 1 aliphatic carbocycles. The molecule has 0 saturated heterocycles. The van der Waals surface area contributed by atoms with Crippen molar-refractivity contribution in [3.63, 3.8) is 0 Å². The van der Waals surface area contributed by atoms with E-state index in [9.17, 15) is 9.18 Å². The Balaban J connectivity index is 1.81. The monoisotopic (exact) mass is 444 g/mol. The summed E-state index contributed by atoms with van der Waals surface area (Å²) in [5.74, 6) is -0.612. The lowest BCUT2D eigenvalue weighted by molar-refractivity contribution is -0.137. The van der Waals surface area contributed by atoms with E-state index in [1.54, 1.807) is 12.1 Å². The maximum absolute atomic E-state index is 13.0. The fraction of sp³-hybridized carbons (Fsp3) is 0.519. The van der Waals surface area contributed by atoms with Crippen LogP contribution in [0.15, 0.2) is 59.2 Å². The molecule has 1 aliphatic rings. The number of aliphatic carboxylic acids is 1. The second-order valence-electron chi connectivity index (χ2n) is 8.61. The van der Waals surface area contributed by atoms with E-state index in [1.165, 1.54) is 23.3 Å². The average Bonchev–Trinajstić information content (AvgIpc) is 2.96. The quantitative estimate of drug-likeness (QED) is 0.328. The molecule has 2 rings (SSSR count). The Kier molecular flexibility index (Phi) is 11.4. The first-order valence-corrected chi connectivity index (χ1v) is 11.6. The van der Waals surface area contributed by atoms with Gasteiger partial charge in [-0.2, -0.15) is 0 Å². The van der Waals surface area contributed by atoms with Crippen molar-refractivity contribution in [3.8, 4) is 0 Å². The maximum Gasteiger partial charge on any atom is 0.303 e. The Morgan fingerprint density at radius 2 is 1.91 bits per heavy atom. The molecule has 4 nitrogen and oxygen atoms in total. The Bertz CT molecular complexity index is 807. The van der Waals surface area contributed by atoms with Crippen LogP contribution in [-0.4, -0.2) is 30.4 Å². The molecular weight excluding hydrogens is 407 g/mol. The molecule has 0 fully saturated rings. The summed E-state index contributed by atoms with van der Waals surface area (Å²) in [7, 11) is 0. The number of allylic oxidation sites excluding steroid dienone is 4. The lowest BCUT2D eigenvalue weighted by Crippen LogP contribution is -2.15. The largest absolute Gasteiger partial charge is 0.481 e. The van der Waals surface area contributed by atoms with Gasteiger partial charge in [-0.05, 0) is 73.8 Å². The summed E-state index contributed by atoms with van der Waals surface area (Å²) in [5, 5.41) is 8.84. The third-order valence-corrected chi connectivity index (χ3v) is 5.74. The van der Waals surface area contributed by atoms with Crippen LogP contribution in [0, 0.1) is 11.7 Å². The second-order valence-corrected chi connectivity index (χ2v) is 8.61. The molecule has 0 aromatic heterocycles. The van der Waals surface area contributed by atoms with Crippen molar-refractivity contribution >= 4 is 5.97 Å². The molecule has 1 aromatic rings. The van der Waals surface area contributed by atoms with Gasteiger partial charge in [0.2, 0.25) is 0 Å². The van der Waals surface area contributed by atoms with Crippen LogP contribution in [0.1, 0.15) is 64.9 Å². The lowest BCUT2D eigenvalue weighted by atomic mass is 9.93. The first-order chi connectivity index (χ1) is 15.4. The van der Waals surface area contributed by atoms with Gasteiger partial charge in [-0.15, -0.1) is 0 Å². The molecule has 5 heteroatoms. The first-order valence-electron chi connectivity index (χ1n) is 11.6. The molecule has 1 aromatic carbocycles. The normalized spacial score (nSPS) is 15.9. The molecule has 0 radical (unpaired) electrons. The summed E-state index contributed by atoms with van der Waals surface area (Å²) in [6.07, 6.45) is 11.2. The molecule has 2 atom stereocenters. The minimum atomic E-state index is -0.770. The number of hydrogen-bond acceptors (Lipinski definition) is 3. The highest BCUT2D eigenvalue weighted by atomic mass is 19.1. The van der Waals surface area contributed by atoms with Crippen molar-refractivity contribution in [1.29, 1.82) is 0 Å². The number of rotatable bonds is 14. The molecule has 1 unspecified atom stereocenters. The Morgan fingerprint density at radius 1 is 1.16 bits per heavy atom. The molecule has 1 N–H and O–H groups in total. The van der Waals surface area contributed by atoms with Crippen molar-refractivity contribution in [2.24, 2.45) is 5.92 Å². The number of carboxylic acids is 1. The van der Waals surface area contributed by atoms with Crippen LogP contribution in [0.3, 0.4) is 0 Å². The van der Waals surface area contributed by atoms with Gasteiger partial charge >= 0.3 is 5.97 Å². The highest BCUT2D eigenvalue weighted by molar-refractivity contribution is 5.66. The van der Waals surface area contributed by atoms with Crippen molar-refractivity contribution in [2.45, 2.75) is 72.0 Å². The minimum Gasteiger partial charge on any atom is -0.481 e. The van der Waals surface area contributed by atoms with Gasteiger partial charge in [-0.25, -0.2) is 4.39 Å². The molecule has 0 bridgehead atoms.